The standard InChI is InChI=1S/C22H23N3O3S2/c1-15-4-10-20(11-5-15)30(27,28)13-12-21(26)25-18-6-8-19(9-7-18)29-22-23-16(2)14-17(3)24-22/h4-11,14H,12-13H2,1-3H3,(H,25,26). The van der Waals surface area contributed by atoms with Crippen molar-refractivity contribution in [3.05, 3.63) is 71.5 Å². The number of hydrogen-bond acceptors (Lipinski definition) is 6. The van der Waals surface area contributed by atoms with Gasteiger partial charge in [0.15, 0.2) is 15.0 Å². The van der Waals surface area contributed by atoms with E-state index in [1.807, 2.05) is 39.0 Å². The molecule has 0 radical (unpaired) electrons. The van der Waals surface area contributed by atoms with E-state index < -0.39 is 9.84 Å². The number of anilines is 1. The van der Waals surface area contributed by atoms with Gasteiger partial charge in [-0.25, -0.2) is 18.4 Å². The van der Waals surface area contributed by atoms with Crippen LogP contribution in [0.5, 0.6) is 0 Å². The fraction of sp³-hybridized carbons (Fsp3) is 0.227. The number of carbonyl (C=O) groups is 1. The molecule has 0 saturated heterocycles. The molecular weight excluding hydrogens is 418 g/mol. The van der Waals surface area contributed by atoms with E-state index >= 15 is 0 Å². The lowest BCUT2D eigenvalue weighted by Crippen LogP contribution is -2.17. The Kier molecular flexibility index (Phi) is 6.89. The number of sulfone groups is 1. The fourth-order valence-electron chi connectivity index (χ4n) is 2.76. The SMILES string of the molecule is Cc1ccc(S(=O)(=O)CCC(=O)Nc2ccc(Sc3nc(C)cc(C)n3)cc2)cc1. The van der Waals surface area contributed by atoms with E-state index in [0.29, 0.717) is 10.8 Å². The summed E-state index contributed by atoms with van der Waals surface area (Å²) in [6.45, 7) is 5.75. The number of amides is 1. The Morgan fingerprint density at radius 2 is 1.53 bits per heavy atom. The molecule has 0 aliphatic rings. The molecule has 1 aromatic heterocycles. The molecule has 0 fully saturated rings. The molecule has 1 amide bonds. The first kappa shape index (κ1) is 22.0. The van der Waals surface area contributed by atoms with E-state index in [9.17, 15) is 13.2 Å². The Hall–Kier alpha value is -2.71. The Morgan fingerprint density at radius 1 is 0.933 bits per heavy atom. The lowest BCUT2D eigenvalue weighted by molar-refractivity contribution is -0.115. The van der Waals surface area contributed by atoms with Crippen LogP contribution in [0, 0.1) is 20.8 Å². The number of rotatable bonds is 7. The lowest BCUT2D eigenvalue weighted by Gasteiger charge is -2.08. The minimum absolute atomic E-state index is 0.108. The third-order valence-electron chi connectivity index (χ3n) is 4.29. The monoisotopic (exact) mass is 441 g/mol. The first-order chi connectivity index (χ1) is 14.2. The first-order valence-corrected chi connectivity index (χ1v) is 11.9. The molecule has 30 heavy (non-hydrogen) atoms. The summed E-state index contributed by atoms with van der Waals surface area (Å²) < 4.78 is 24.7. The van der Waals surface area contributed by atoms with Crippen molar-refractivity contribution >= 4 is 33.2 Å². The van der Waals surface area contributed by atoms with Crippen LogP contribution >= 0.6 is 11.8 Å². The number of aryl methyl sites for hydroxylation is 3. The zero-order valence-corrected chi connectivity index (χ0v) is 18.7. The maximum absolute atomic E-state index is 12.4. The first-order valence-electron chi connectivity index (χ1n) is 9.41. The van der Waals surface area contributed by atoms with Gasteiger partial charge in [0.05, 0.1) is 10.6 Å². The van der Waals surface area contributed by atoms with Crippen molar-refractivity contribution in [2.24, 2.45) is 0 Å². The van der Waals surface area contributed by atoms with E-state index in [2.05, 4.69) is 15.3 Å². The van der Waals surface area contributed by atoms with Crippen molar-refractivity contribution in [1.29, 1.82) is 0 Å². The highest BCUT2D eigenvalue weighted by atomic mass is 32.2. The van der Waals surface area contributed by atoms with Crippen LogP contribution in [0.3, 0.4) is 0 Å². The molecule has 2 aromatic carbocycles. The van der Waals surface area contributed by atoms with Crippen LogP contribution in [0.2, 0.25) is 0 Å². The van der Waals surface area contributed by atoms with E-state index in [1.165, 1.54) is 11.8 Å². The highest BCUT2D eigenvalue weighted by molar-refractivity contribution is 7.99. The minimum Gasteiger partial charge on any atom is -0.326 e. The molecule has 1 N–H and O–H groups in total. The van der Waals surface area contributed by atoms with Crippen molar-refractivity contribution in [2.45, 2.75) is 42.1 Å². The molecule has 0 spiro atoms. The Morgan fingerprint density at radius 3 is 2.13 bits per heavy atom. The zero-order valence-electron chi connectivity index (χ0n) is 17.0. The lowest BCUT2D eigenvalue weighted by atomic mass is 10.2. The summed E-state index contributed by atoms with van der Waals surface area (Å²) in [4.78, 5) is 22.2. The van der Waals surface area contributed by atoms with Gasteiger partial charge in [-0.15, -0.1) is 0 Å². The van der Waals surface area contributed by atoms with Gasteiger partial charge in [0.2, 0.25) is 5.91 Å². The maximum Gasteiger partial charge on any atom is 0.225 e. The molecule has 0 saturated carbocycles. The average Bonchev–Trinajstić information content (AvgIpc) is 2.68. The third kappa shape index (κ3) is 6.14. The Labute approximate surface area is 181 Å². The zero-order chi connectivity index (χ0) is 21.7. The smallest absolute Gasteiger partial charge is 0.225 e. The van der Waals surface area contributed by atoms with Gasteiger partial charge in [0, 0.05) is 28.4 Å². The average molecular weight is 442 g/mol. The number of benzene rings is 2. The summed E-state index contributed by atoms with van der Waals surface area (Å²) in [7, 11) is -3.49. The largest absolute Gasteiger partial charge is 0.326 e. The molecule has 3 aromatic rings. The van der Waals surface area contributed by atoms with E-state index in [0.717, 1.165) is 21.8 Å². The van der Waals surface area contributed by atoms with Crippen LogP contribution in [0.4, 0.5) is 5.69 Å². The topological polar surface area (TPSA) is 89.0 Å². The quantitative estimate of drug-likeness (QED) is 0.548. The minimum atomic E-state index is -3.49. The van der Waals surface area contributed by atoms with Crippen molar-refractivity contribution in [1.82, 2.24) is 9.97 Å². The number of hydrogen-bond donors (Lipinski definition) is 1. The number of aromatic nitrogens is 2. The third-order valence-corrected chi connectivity index (χ3v) is 6.89. The van der Waals surface area contributed by atoms with Crippen LogP contribution in [-0.4, -0.2) is 30.0 Å². The van der Waals surface area contributed by atoms with Crippen molar-refractivity contribution in [2.75, 3.05) is 11.1 Å². The van der Waals surface area contributed by atoms with E-state index in [-0.39, 0.29) is 23.0 Å². The van der Waals surface area contributed by atoms with E-state index in [1.54, 1.807) is 36.4 Å². The molecule has 8 heteroatoms. The summed E-state index contributed by atoms with van der Waals surface area (Å²) in [5.41, 5.74) is 3.42. The van der Waals surface area contributed by atoms with Gasteiger partial charge in [-0.1, -0.05) is 17.7 Å². The maximum atomic E-state index is 12.4. The van der Waals surface area contributed by atoms with Crippen LogP contribution < -0.4 is 5.32 Å². The second-order valence-electron chi connectivity index (χ2n) is 6.99. The van der Waals surface area contributed by atoms with Gasteiger partial charge in [-0.2, -0.15) is 0 Å². The molecule has 0 unspecified atom stereocenters. The Bertz CT molecular complexity index is 1120. The van der Waals surface area contributed by atoms with Crippen LogP contribution in [0.25, 0.3) is 0 Å². The Balaban J connectivity index is 1.56. The molecule has 6 nitrogen and oxygen atoms in total. The number of nitrogens with one attached hydrogen (secondary N) is 1. The summed E-state index contributed by atoms with van der Waals surface area (Å²) in [5.74, 6) is -0.580. The molecule has 0 bridgehead atoms. The molecule has 3 rings (SSSR count). The number of carbonyl (C=O) groups excluding carboxylic acids is 1. The van der Waals surface area contributed by atoms with Gasteiger partial charge in [-0.3, -0.25) is 4.79 Å². The van der Waals surface area contributed by atoms with Crippen LogP contribution in [0.1, 0.15) is 23.4 Å². The molecule has 0 aliphatic heterocycles. The molecule has 0 atom stereocenters. The number of nitrogens with zero attached hydrogens (tertiary/aromatic N) is 2. The summed E-state index contributed by atoms with van der Waals surface area (Å²) in [6.07, 6.45) is -0.108. The van der Waals surface area contributed by atoms with Gasteiger partial charge >= 0.3 is 0 Å². The predicted octanol–water partition coefficient (Wildman–Crippen LogP) is 4.36. The normalized spacial score (nSPS) is 11.3. The van der Waals surface area contributed by atoms with Gasteiger partial charge in [-0.05, 0) is 75.0 Å². The van der Waals surface area contributed by atoms with Crippen LogP contribution in [-0.2, 0) is 14.6 Å². The van der Waals surface area contributed by atoms with Crippen molar-refractivity contribution in [3.63, 3.8) is 0 Å². The van der Waals surface area contributed by atoms with Gasteiger partial charge < -0.3 is 5.32 Å². The summed E-state index contributed by atoms with van der Waals surface area (Å²) in [6, 6.07) is 15.8. The fourth-order valence-corrected chi connectivity index (χ4v) is 4.87. The second-order valence-corrected chi connectivity index (χ2v) is 10.1. The van der Waals surface area contributed by atoms with Crippen LogP contribution in [0.15, 0.2) is 69.5 Å². The van der Waals surface area contributed by atoms with Crippen molar-refractivity contribution < 1.29 is 13.2 Å². The summed E-state index contributed by atoms with van der Waals surface area (Å²) in [5, 5.41) is 3.41. The highest BCUT2D eigenvalue weighted by Gasteiger charge is 2.16. The van der Waals surface area contributed by atoms with E-state index in [4.69, 9.17) is 0 Å². The second kappa shape index (κ2) is 9.40. The molecule has 0 aliphatic carbocycles. The predicted molar refractivity (Wildman–Crippen MR) is 119 cm³/mol. The summed E-state index contributed by atoms with van der Waals surface area (Å²) >= 11 is 1.44. The highest BCUT2D eigenvalue weighted by Crippen LogP contribution is 2.26. The van der Waals surface area contributed by atoms with Gasteiger partial charge in [0.25, 0.3) is 0 Å². The van der Waals surface area contributed by atoms with Crippen molar-refractivity contribution in [3.8, 4) is 0 Å². The molecule has 1 heterocycles. The molecular formula is C22H23N3O3S2. The van der Waals surface area contributed by atoms with Gasteiger partial charge in [0.1, 0.15) is 0 Å². The molecule has 156 valence electrons.